The molecule has 2 aromatic rings. The van der Waals surface area contributed by atoms with E-state index in [-0.39, 0.29) is 18.4 Å². The number of aliphatic carboxylic acids is 1. The zero-order chi connectivity index (χ0) is 23.4. The molecular weight excluding hydrogens is 420 g/mol. The number of carboxylic acids is 1. The molecule has 0 bridgehead atoms. The number of carbonyl (C=O) groups excluding carboxylic acids is 2. The summed E-state index contributed by atoms with van der Waals surface area (Å²) >= 11 is 0. The summed E-state index contributed by atoms with van der Waals surface area (Å²) in [5.74, 6) is -1.91. The van der Waals surface area contributed by atoms with Gasteiger partial charge in [-0.05, 0) is 41.5 Å². The van der Waals surface area contributed by atoms with E-state index in [1.807, 2.05) is 36.4 Å². The third-order valence-corrected chi connectivity index (χ3v) is 6.77. The van der Waals surface area contributed by atoms with Gasteiger partial charge in [-0.25, -0.2) is 4.79 Å². The third-order valence-electron chi connectivity index (χ3n) is 6.77. The van der Waals surface area contributed by atoms with Crippen molar-refractivity contribution >= 4 is 18.0 Å². The number of alkyl carbamates (subject to hydrolysis) is 1. The van der Waals surface area contributed by atoms with Gasteiger partial charge in [-0.2, -0.15) is 0 Å². The topological polar surface area (TPSA) is 105 Å². The standard InChI is InChI=1S/C26H30N2O5/c1-2-22(24(29)27-23-14-8-7-13-20(23)25(30)31)28-26(32)33-15-21-18-11-5-3-9-16(18)17-10-4-6-12-19(17)21/h3-6,9-12,20-23H,2,7-8,13-15H2,1H3,(H,27,29)(H,28,32)(H,30,31)/t20-,22+,23+/m0/s1. The molecular formula is C26H30N2O5. The average Bonchev–Trinajstić information content (AvgIpc) is 3.15. The summed E-state index contributed by atoms with van der Waals surface area (Å²) in [4.78, 5) is 36.8. The lowest BCUT2D eigenvalue weighted by Gasteiger charge is -2.30. The van der Waals surface area contributed by atoms with Crippen LogP contribution in [0.1, 0.15) is 56.1 Å². The molecule has 2 amide bonds. The monoisotopic (exact) mass is 450 g/mol. The molecule has 7 heteroatoms. The van der Waals surface area contributed by atoms with E-state index in [4.69, 9.17) is 4.74 Å². The number of carboxylic acid groups (broad SMARTS) is 1. The lowest BCUT2D eigenvalue weighted by atomic mass is 9.84. The molecule has 0 aromatic heterocycles. The van der Waals surface area contributed by atoms with Gasteiger partial charge in [0.1, 0.15) is 12.6 Å². The molecule has 0 saturated heterocycles. The Morgan fingerprint density at radius 3 is 2.21 bits per heavy atom. The fraction of sp³-hybridized carbons (Fsp3) is 0.423. The van der Waals surface area contributed by atoms with Gasteiger partial charge in [0.05, 0.1) is 5.92 Å². The molecule has 33 heavy (non-hydrogen) atoms. The Labute approximate surface area is 193 Å². The van der Waals surface area contributed by atoms with Crippen molar-refractivity contribution < 1.29 is 24.2 Å². The van der Waals surface area contributed by atoms with E-state index in [9.17, 15) is 19.5 Å². The van der Waals surface area contributed by atoms with Crippen LogP contribution in [-0.4, -0.2) is 41.8 Å². The molecule has 2 aliphatic rings. The van der Waals surface area contributed by atoms with Crippen molar-refractivity contribution in [2.24, 2.45) is 5.92 Å². The molecule has 3 N–H and O–H groups in total. The number of fused-ring (bicyclic) bond motifs is 3. The summed E-state index contributed by atoms with van der Waals surface area (Å²) in [7, 11) is 0. The first-order chi connectivity index (χ1) is 16.0. The van der Waals surface area contributed by atoms with Crippen molar-refractivity contribution in [3.8, 4) is 11.1 Å². The number of ether oxygens (including phenoxy) is 1. The van der Waals surface area contributed by atoms with Gasteiger partial charge in [-0.1, -0.05) is 68.3 Å². The number of nitrogens with one attached hydrogen (secondary N) is 2. The maximum atomic E-state index is 12.8. The van der Waals surface area contributed by atoms with Crippen molar-refractivity contribution in [2.75, 3.05) is 6.61 Å². The second kappa shape index (κ2) is 10.1. The molecule has 4 rings (SSSR count). The first-order valence-corrected chi connectivity index (χ1v) is 11.6. The Bertz CT molecular complexity index is 991. The summed E-state index contributed by atoms with van der Waals surface area (Å²) in [5, 5.41) is 14.9. The second-order valence-corrected chi connectivity index (χ2v) is 8.77. The third kappa shape index (κ3) is 4.87. The van der Waals surface area contributed by atoms with Crippen LogP contribution in [0.5, 0.6) is 0 Å². The Kier molecular flexibility index (Phi) is 6.96. The van der Waals surface area contributed by atoms with Crippen LogP contribution < -0.4 is 10.6 Å². The van der Waals surface area contributed by atoms with Gasteiger partial charge >= 0.3 is 12.1 Å². The molecule has 0 heterocycles. The highest BCUT2D eigenvalue weighted by molar-refractivity contribution is 5.86. The van der Waals surface area contributed by atoms with Crippen LogP contribution in [-0.2, 0) is 14.3 Å². The Hall–Kier alpha value is -3.35. The summed E-state index contributed by atoms with van der Waals surface area (Å²) in [6.45, 7) is 1.96. The molecule has 7 nitrogen and oxygen atoms in total. The van der Waals surface area contributed by atoms with Crippen LogP contribution in [0.2, 0.25) is 0 Å². The SMILES string of the molecule is CC[C@@H](NC(=O)OCC1c2ccccc2-c2ccccc21)C(=O)N[C@@H]1CCCC[C@@H]1C(=O)O. The predicted octanol–water partition coefficient (Wildman–Crippen LogP) is 4.06. The van der Waals surface area contributed by atoms with E-state index in [1.165, 1.54) is 0 Å². The van der Waals surface area contributed by atoms with Gasteiger partial charge in [0.25, 0.3) is 0 Å². The molecule has 0 aliphatic heterocycles. The molecule has 174 valence electrons. The average molecular weight is 451 g/mol. The van der Waals surface area contributed by atoms with E-state index in [2.05, 4.69) is 22.8 Å². The van der Waals surface area contributed by atoms with Crippen molar-refractivity contribution in [2.45, 2.75) is 57.0 Å². The molecule has 2 aromatic carbocycles. The zero-order valence-electron chi connectivity index (χ0n) is 18.8. The van der Waals surface area contributed by atoms with Gasteiger partial charge < -0.3 is 20.5 Å². The van der Waals surface area contributed by atoms with E-state index in [1.54, 1.807) is 6.92 Å². The number of hydrogen-bond donors (Lipinski definition) is 3. The number of amides is 2. The largest absolute Gasteiger partial charge is 0.481 e. The first-order valence-electron chi connectivity index (χ1n) is 11.6. The van der Waals surface area contributed by atoms with Gasteiger partial charge in [-0.3, -0.25) is 9.59 Å². The van der Waals surface area contributed by atoms with Crippen LogP contribution >= 0.6 is 0 Å². The number of carbonyl (C=O) groups is 3. The minimum Gasteiger partial charge on any atom is -0.481 e. The molecule has 0 radical (unpaired) electrons. The molecule has 1 fully saturated rings. The predicted molar refractivity (Wildman–Crippen MR) is 124 cm³/mol. The summed E-state index contributed by atoms with van der Waals surface area (Å²) in [5.41, 5.74) is 4.53. The van der Waals surface area contributed by atoms with Crippen LogP contribution in [0.15, 0.2) is 48.5 Å². The van der Waals surface area contributed by atoms with Gasteiger partial charge in [0.15, 0.2) is 0 Å². The van der Waals surface area contributed by atoms with E-state index >= 15 is 0 Å². The van der Waals surface area contributed by atoms with Crippen molar-refractivity contribution in [3.63, 3.8) is 0 Å². The first kappa shape index (κ1) is 22.8. The second-order valence-electron chi connectivity index (χ2n) is 8.77. The molecule has 3 atom stereocenters. The van der Waals surface area contributed by atoms with Gasteiger partial charge in [-0.15, -0.1) is 0 Å². The molecule has 1 saturated carbocycles. The van der Waals surface area contributed by atoms with Crippen LogP contribution in [0, 0.1) is 5.92 Å². The number of benzene rings is 2. The van der Waals surface area contributed by atoms with Crippen LogP contribution in [0.4, 0.5) is 4.79 Å². The minimum atomic E-state index is -0.891. The summed E-state index contributed by atoms with van der Waals surface area (Å²) in [6.07, 6.45) is 2.63. The smallest absolute Gasteiger partial charge is 0.407 e. The lowest BCUT2D eigenvalue weighted by Crippen LogP contribution is -2.53. The molecule has 2 aliphatic carbocycles. The van der Waals surface area contributed by atoms with Crippen molar-refractivity contribution in [1.29, 1.82) is 0 Å². The maximum Gasteiger partial charge on any atom is 0.407 e. The molecule has 0 unspecified atom stereocenters. The fourth-order valence-electron chi connectivity index (χ4n) is 5.02. The minimum absolute atomic E-state index is 0.0596. The Morgan fingerprint density at radius 2 is 1.61 bits per heavy atom. The van der Waals surface area contributed by atoms with Crippen LogP contribution in [0.25, 0.3) is 11.1 Å². The quantitative estimate of drug-likeness (QED) is 0.590. The van der Waals surface area contributed by atoms with Gasteiger partial charge in [0, 0.05) is 12.0 Å². The van der Waals surface area contributed by atoms with E-state index in [0.717, 1.165) is 35.1 Å². The highest BCUT2D eigenvalue weighted by atomic mass is 16.5. The Morgan fingerprint density at radius 1 is 1.00 bits per heavy atom. The normalized spacial score (nSPS) is 20.3. The zero-order valence-corrected chi connectivity index (χ0v) is 18.8. The fourth-order valence-corrected chi connectivity index (χ4v) is 5.02. The Balaban J connectivity index is 1.36. The highest BCUT2D eigenvalue weighted by Gasteiger charge is 2.34. The maximum absolute atomic E-state index is 12.8. The van der Waals surface area contributed by atoms with E-state index < -0.39 is 30.1 Å². The number of hydrogen-bond acceptors (Lipinski definition) is 4. The molecule has 0 spiro atoms. The summed E-state index contributed by atoms with van der Waals surface area (Å²) in [6, 6.07) is 15.0. The summed E-state index contributed by atoms with van der Waals surface area (Å²) < 4.78 is 5.55. The van der Waals surface area contributed by atoms with Crippen molar-refractivity contribution in [3.05, 3.63) is 59.7 Å². The van der Waals surface area contributed by atoms with Crippen molar-refractivity contribution in [1.82, 2.24) is 10.6 Å². The van der Waals surface area contributed by atoms with E-state index in [0.29, 0.717) is 19.3 Å². The lowest BCUT2D eigenvalue weighted by molar-refractivity contribution is -0.144. The van der Waals surface area contributed by atoms with Gasteiger partial charge in [0.2, 0.25) is 5.91 Å². The highest BCUT2D eigenvalue weighted by Crippen LogP contribution is 2.44. The van der Waals surface area contributed by atoms with Crippen LogP contribution in [0.3, 0.4) is 0 Å². The number of rotatable bonds is 7.